The monoisotopic (exact) mass is 475 g/mol. The van der Waals surface area contributed by atoms with Gasteiger partial charge in [-0.25, -0.2) is 9.97 Å². The van der Waals surface area contributed by atoms with Gasteiger partial charge in [0.1, 0.15) is 11.6 Å². The van der Waals surface area contributed by atoms with Gasteiger partial charge in [0, 0.05) is 50.2 Å². The predicted molar refractivity (Wildman–Crippen MR) is 145 cm³/mol. The van der Waals surface area contributed by atoms with Crippen molar-refractivity contribution in [1.29, 1.82) is 5.26 Å². The second-order valence-corrected chi connectivity index (χ2v) is 9.29. The van der Waals surface area contributed by atoms with Crippen molar-refractivity contribution >= 4 is 16.7 Å². The summed E-state index contributed by atoms with van der Waals surface area (Å²) in [6.07, 6.45) is 8.26. The highest BCUT2D eigenvalue weighted by molar-refractivity contribution is 5.88. The maximum absolute atomic E-state index is 9.00. The standard InChI is InChI=1S/C26H35N7.C2H6/c1-31(2)13-5-12-28-26-23-6-3-4-7-24(23)29-25(30-26)20-33-16-14-32(15-17-33)19-22-10-8-21(18-27)9-11-22;1-2/h3-4,6-10,22H,5,11-17,19-20H2,1-2H3,(H,28,29,30);1-2H3. The third-order valence-electron chi connectivity index (χ3n) is 6.36. The first-order chi connectivity index (χ1) is 17.1. The van der Waals surface area contributed by atoms with Gasteiger partial charge in [0.15, 0.2) is 0 Å². The Morgan fingerprint density at radius 1 is 1.09 bits per heavy atom. The lowest BCUT2D eigenvalue weighted by Crippen LogP contribution is -2.47. The minimum absolute atomic E-state index is 0.513. The number of hydrogen-bond acceptors (Lipinski definition) is 7. The summed E-state index contributed by atoms with van der Waals surface area (Å²) < 4.78 is 0. The molecule has 0 radical (unpaired) electrons. The van der Waals surface area contributed by atoms with Crippen molar-refractivity contribution in [3.63, 3.8) is 0 Å². The van der Waals surface area contributed by atoms with Gasteiger partial charge in [-0.15, -0.1) is 0 Å². The van der Waals surface area contributed by atoms with E-state index in [9.17, 15) is 0 Å². The van der Waals surface area contributed by atoms with Crippen molar-refractivity contribution in [2.45, 2.75) is 33.2 Å². The van der Waals surface area contributed by atoms with Gasteiger partial charge < -0.3 is 15.1 Å². The van der Waals surface area contributed by atoms with Crippen LogP contribution in [-0.2, 0) is 6.54 Å². The lowest BCUT2D eigenvalue weighted by Gasteiger charge is -2.36. The second-order valence-electron chi connectivity index (χ2n) is 9.29. The van der Waals surface area contributed by atoms with Crippen LogP contribution in [0, 0.1) is 17.2 Å². The lowest BCUT2D eigenvalue weighted by atomic mass is 9.96. The van der Waals surface area contributed by atoms with Crippen LogP contribution in [0.5, 0.6) is 0 Å². The molecule has 1 N–H and O–H groups in total. The summed E-state index contributed by atoms with van der Waals surface area (Å²) in [5, 5.41) is 13.6. The summed E-state index contributed by atoms with van der Waals surface area (Å²) in [6, 6.07) is 10.5. The number of allylic oxidation sites excluding steroid dienone is 3. The zero-order valence-electron chi connectivity index (χ0n) is 21.9. The van der Waals surface area contributed by atoms with E-state index in [0.29, 0.717) is 5.92 Å². The van der Waals surface area contributed by atoms with Crippen LogP contribution in [0.3, 0.4) is 0 Å². The molecule has 1 atom stereocenters. The third-order valence-corrected chi connectivity index (χ3v) is 6.36. The van der Waals surface area contributed by atoms with Crippen LogP contribution >= 0.6 is 0 Å². The fourth-order valence-electron chi connectivity index (χ4n) is 4.48. The minimum Gasteiger partial charge on any atom is -0.369 e. The van der Waals surface area contributed by atoms with Crippen LogP contribution in [0.4, 0.5) is 5.82 Å². The number of fused-ring (bicyclic) bond motifs is 1. The number of nitriles is 1. The smallest absolute Gasteiger partial charge is 0.145 e. The number of benzene rings is 1. The molecule has 2 aromatic rings. The van der Waals surface area contributed by atoms with Crippen molar-refractivity contribution < 1.29 is 0 Å². The topological polar surface area (TPSA) is 71.3 Å². The number of para-hydroxylation sites is 1. The number of piperazine rings is 1. The number of hydrogen-bond donors (Lipinski definition) is 1. The van der Waals surface area contributed by atoms with Crippen molar-refractivity contribution in [2.75, 3.05) is 65.2 Å². The number of nitrogens with zero attached hydrogens (tertiary/aromatic N) is 6. The first-order valence-corrected chi connectivity index (χ1v) is 13.0. The van der Waals surface area contributed by atoms with Crippen LogP contribution in [0.15, 0.2) is 48.1 Å². The fraction of sp³-hybridized carbons (Fsp3) is 0.536. The SMILES string of the molecule is CC.CN(C)CCCNc1nc(CN2CCN(CC3C=CC(C#N)=CC3)CC2)nc2ccccc12. The van der Waals surface area contributed by atoms with E-state index in [0.717, 1.165) is 93.3 Å². The number of anilines is 1. The van der Waals surface area contributed by atoms with Crippen molar-refractivity contribution in [3.8, 4) is 6.07 Å². The van der Waals surface area contributed by atoms with E-state index < -0.39 is 0 Å². The lowest BCUT2D eigenvalue weighted by molar-refractivity contribution is 0.117. The van der Waals surface area contributed by atoms with E-state index in [1.165, 1.54) is 0 Å². The highest BCUT2D eigenvalue weighted by Crippen LogP contribution is 2.22. The number of rotatable bonds is 9. The molecule has 1 fully saturated rings. The van der Waals surface area contributed by atoms with Gasteiger partial charge in [-0.2, -0.15) is 5.26 Å². The molecule has 35 heavy (non-hydrogen) atoms. The number of aromatic nitrogens is 2. The zero-order chi connectivity index (χ0) is 25.0. The largest absolute Gasteiger partial charge is 0.369 e. The average Bonchev–Trinajstić information content (AvgIpc) is 2.89. The molecule has 1 unspecified atom stereocenters. The molecule has 4 rings (SSSR count). The van der Waals surface area contributed by atoms with Crippen LogP contribution in [0.1, 0.15) is 32.5 Å². The van der Waals surface area contributed by atoms with E-state index in [2.05, 4.69) is 64.5 Å². The summed E-state index contributed by atoms with van der Waals surface area (Å²) in [6.45, 7) is 12.0. The Kier molecular flexibility index (Phi) is 10.7. The molecule has 2 heterocycles. The first-order valence-electron chi connectivity index (χ1n) is 13.0. The van der Waals surface area contributed by atoms with E-state index in [4.69, 9.17) is 15.2 Å². The summed E-state index contributed by atoms with van der Waals surface area (Å²) in [7, 11) is 4.21. The molecule has 2 aliphatic rings. The molecular weight excluding hydrogens is 434 g/mol. The highest BCUT2D eigenvalue weighted by atomic mass is 15.3. The summed E-state index contributed by atoms with van der Waals surface area (Å²) in [4.78, 5) is 17.0. The van der Waals surface area contributed by atoms with Gasteiger partial charge in [0.25, 0.3) is 0 Å². The second kappa shape index (κ2) is 13.9. The van der Waals surface area contributed by atoms with Gasteiger partial charge >= 0.3 is 0 Å². The van der Waals surface area contributed by atoms with Crippen LogP contribution in [0.25, 0.3) is 10.9 Å². The molecule has 1 aromatic carbocycles. The molecule has 1 saturated heterocycles. The Bertz CT molecular complexity index is 1030. The number of nitrogens with one attached hydrogen (secondary N) is 1. The Hall–Kier alpha value is -2.79. The molecule has 0 saturated carbocycles. The molecule has 188 valence electrons. The van der Waals surface area contributed by atoms with Crippen molar-refractivity contribution in [2.24, 2.45) is 5.92 Å². The van der Waals surface area contributed by atoms with Gasteiger partial charge in [0.05, 0.1) is 18.1 Å². The molecule has 1 aliphatic heterocycles. The Morgan fingerprint density at radius 3 is 2.51 bits per heavy atom. The Balaban J connectivity index is 0.00000167. The Labute approximate surface area is 211 Å². The molecule has 1 aromatic heterocycles. The minimum atomic E-state index is 0.513. The molecule has 0 spiro atoms. The quantitative estimate of drug-likeness (QED) is 0.546. The van der Waals surface area contributed by atoms with E-state index in [-0.39, 0.29) is 0 Å². The maximum Gasteiger partial charge on any atom is 0.145 e. The maximum atomic E-state index is 9.00. The van der Waals surface area contributed by atoms with Crippen LogP contribution in [-0.4, -0.2) is 84.6 Å². The van der Waals surface area contributed by atoms with Crippen LogP contribution in [0.2, 0.25) is 0 Å². The zero-order valence-corrected chi connectivity index (χ0v) is 21.9. The molecule has 1 aliphatic carbocycles. The highest BCUT2D eigenvalue weighted by Gasteiger charge is 2.21. The van der Waals surface area contributed by atoms with Gasteiger partial charge in [-0.3, -0.25) is 4.90 Å². The fourth-order valence-corrected chi connectivity index (χ4v) is 4.48. The summed E-state index contributed by atoms with van der Waals surface area (Å²) in [5.74, 6) is 2.35. The molecule has 0 bridgehead atoms. The third kappa shape index (κ3) is 8.14. The van der Waals surface area contributed by atoms with Crippen molar-refractivity contribution in [3.05, 3.63) is 53.9 Å². The first kappa shape index (κ1) is 26.8. The van der Waals surface area contributed by atoms with Gasteiger partial charge in [-0.05, 0) is 57.6 Å². The molecular formula is C28H41N7. The Morgan fingerprint density at radius 2 is 1.83 bits per heavy atom. The summed E-state index contributed by atoms with van der Waals surface area (Å²) in [5.41, 5.74) is 1.79. The normalized spacial score (nSPS) is 18.6. The molecule has 0 amide bonds. The van der Waals surface area contributed by atoms with E-state index >= 15 is 0 Å². The molecule has 7 heteroatoms. The predicted octanol–water partition coefficient (Wildman–Crippen LogP) is 4.16. The van der Waals surface area contributed by atoms with Gasteiger partial charge in [0.2, 0.25) is 0 Å². The average molecular weight is 476 g/mol. The molecule has 7 nitrogen and oxygen atoms in total. The van der Waals surface area contributed by atoms with E-state index in [1.54, 1.807) is 0 Å². The van der Waals surface area contributed by atoms with Crippen molar-refractivity contribution in [1.82, 2.24) is 24.7 Å². The summed E-state index contributed by atoms with van der Waals surface area (Å²) >= 11 is 0. The van der Waals surface area contributed by atoms with E-state index in [1.807, 2.05) is 32.1 Å². The van der Waals surface area contributed by atoms with Gasteiger partial charge in [-0.1, -0.05) is 38.1 Å². The van der Waals surface area contributed by atoms with Crippen LogP contribution < -0.4 is 5.32 Å².